The first-order valence-electron chi connectivity index (χ1n) is 6.95. The molecule has 0 saturated carbocycles. The molecule has 0 aliphatic carbocycles. The summed E-state index contributed by atoms with van der Waals surface area (Å²) in [7, 11) is -3.49. The molecule has 1 aliphatic heterocycles. The van der Waals surface area contributed by atoms with Gasteiger partial charge in [0.1, 0.15) is 16.4 Å². The Morgan fingerprint density at radius 2 is 2.17 bits per heavy atom. The number of aromatic nitrogens is 2. The lowest BCUT2D eigenvalue weighted by Crippen LogP contribution is -2.30. The van der Waals surface area contributed by atoms with Gasteiger partial charge in [-0.15, -0.1) is 11.3 Å². The Balaban J connectivity index is 1.73. The zero-order chi connectivity index (χ0) is 16.4. The van der Waals surface area contributed by atoms with Crippen LogP contribution in [0.3, 0.4) is 0 Å². The first-order valence-corrected chi connectivity index (χ1v) is 9.20. The van der Waals surface area contributed by atoms with Gasteiger partial charge in [0.05, 0.1) is 6.54 Å². The summed E-state index contributed by atoms with van der Waals surface area (Å²) in [5, 5.41) is 8.99. The van der Waals surface area contributed by atoms with Crippen LogP contribution >= 0.6 is 11.3 Å². The van der Waals surface area contributed by atoms with E-state index in [2.05, 4.69) is 9.97 Å². The molecule has 0 unspecified atom stereocenters. The maximum absolute atomic E-state index is 12.6. The molecular weight excluding hydrogens is 336 g/mol. The lowest BCUT2D eigenvalue weighted by atomic mass is 10.3. The van der Waals surface area contributed by atoms with E-state index in [0.717, 1.165) is 4.88 Å². The number of ether oxygens (including phenoxy) is 1. The predicted molar refractivity (Wildman–Crippen MR) is 83.6 cm³/mol. The highest BCUT2D eigenvalue weighted by molar-refractivity contribution is 7.91. The largest absolute Gasteiger partial charge is 0.471 e. The van der Waals surface area contributed by atoms with E-state index in [1.165, 1.54) is 28.0 Å². The van der Waals surface area contributed by atoms with Crippen LogP contribution in [-0.2, 0) is 10.0 Å². The highest BCUT2D eigenvalue weighted by Gasteiger charge is 2.34. The summed E-state index contributed by atoms with van der Waals surface area (Å²) < 4.78 is 32.6. The Labute approximate surface area is 138 Å². The van der Waals surface area contributed by atoms with Crippen molar-refractivity contribution in [3.63, 3.8) is 0 Å². The van der Waals surface area contributed by atoms with Crippen molar-refractivity contribution in [1.29, 1.82) is 5.26 Å². The number of sulfonamides is 1. The van der Waals surface area contributed by atoms with Crippen molar-refractivity contribution in [1.82, 2.24) is 14.3 Å². The van der Waals surface area contributed by atoms with Crippen LogP contribution in [0.15, 0.2) is 28.7 Å². The molecule has 0 N–H and O–H groups in total. The summed E-state index contributed by atoms with van der Waals surface area (Å²) in [6.45, 7) is 2.49. The van der Waals surface area contributed by atoms with Crippen LogP contribution in [0.2, 0.25) is 0 Å². The van der Waals surface area contributed by atoms with Crippen molar-refractivity contribution in [3.05, 3.63) is 35.1 Å². The van der Waals surface area contributed by atoms with E-state index < -0.39 is 10.0 Å². The van der Waals surface area contributed by atoms with E-state index in [1.807, 2.05) is 13.0 Å². The average molecular weight is 350 g/mol. The molecule has 120 valence electrons. The van der Waals surface area contributed by atoms with E-state index in [0.29, 0.717) is 17.2 Å². The van der Waals surface area contributed by atoms with Crippen molar-refractivity contribution in [2.75, 3.05) is 13.1 Å². The monoisotopic (exact) mass is 350 g/mol. The van der Waals surface area contributed by atoms with Gasteiger partial charge in [-0.2, -0.15) is 9.57 Å². The van der Waals surface area contributed by atoms with Crippen molar-refractivity contribution in [2.45, 2.75) is 23.7 Å². The molecule has 7 nitrogen and oxygen atoms in total. The summed E-state index contributed by atoms with van der Waals surface area (Å²) in [5.41, 5.74) is 0.0997. The summed E-state index contributed by atoms with van der Waals surface area (Å²) in [5.74, 6) is 0.145. The highest BCUT2D eigenvalue weighted by Crippen LogP contribution is 2.28. The molecule has 3 heterocycles. The molecule has 0 spiro atoms. The third-order valence-electron chi connectivity index (χ3n) is 3.47. The van der Waals surface area contributed by atoms with Crippen molar-refractivity contribution in [3.8, 4) is 11.9 Å². The van der Waals surface area contributed by atoms with Gasteiger partial charge >= 0.3 is 0 Å². The zero-order valence-corrected chi connectivity index (χ0v) is 14.0. The Kier molecular flexibility index (Phi) is 4.30. The van der Waals surface area contributed by atoms with Crippen molar-refractivity contribution in [2.24, 2.45) is 0 Å². The maximum Gasteiger partial charge on any atom is 0.252 e. The van der Waals surface area contributed by atoms with Crippen molar-refractivity contribution < 1.29 is 13.2 Å². The molecule has 0 amide bonds. The van der Waals surface area contributed by atoms with Gasteiger partial charge in [-0.05, 0) is 25.5 Å². The molecule has 1 atom stereocenters. The van der Waals surface area contributed by atoms with Crippen molar-refractivity contribution >= 4 is 21.4 Å². The van der Waals surface area contributed by atoms with Crippen LogP contribution in [0.4, 0.5) is 0 Å². The van der Waals surface area contributed by atoms with Gasteiger partial charge in [0.2, 0.25) is 5.69 Å². The predicted octanol–water partition coefficient (Wildman–Crippen LogP) is 1.56. The second-order valence-corrected chi connectivity index (χ2v) is 8.53. The minimum absolute atomic E-state index is 0.0997. The number of thiophene rings is 1. The van der Waals surface area contributed by atoms with Crippen LogP contribution in [0.5, 0.6) is 5.88 Å². The van der Waals surface area contributed by atoms with Gasteiger partial charge in [0, 0.05) is 23.8 Å². The van der Waals surface area contributed by atoms with Gasteiger partial charge in [-0.3, -0.25) is 0 Å². The number of nitriles is 1. The molecule has 1 fully saturated rings. The smallest absolute Gasteiger partial charge is 0.252 e. The molecule has 0 bridgehead atoms. The third kappa shape index (κ3) is 3.19. The molecular formula is C14H14N4O3S2. The minimum Gasteiger partial charge on any atom is -0.471 e. The summed E-state index contributed by atoms with van der Waals surface area (Å²) in [6, 6.07) is 5.33. The fourth-order valence-electron chi connectivity index (χ4n) is 2.34. The van der Waals surface area contributed by atoms with Gasteiger partial charge in [-0.25, -0.2) is 18.4 Å². The fourth-order valence-corrected chi connectivity index (χ4v) is 5.26. The highest BCUT2D eigenvalue weighted by atomic mass is 32.2. The van der Waals surface area contributed by atoms with Gasteiger partial charge < -0.3 is 4.74 Å². The zero-order valence-electron chi connectivity index (χ0n) is 12.3. The van der Waals surface area contributed by atoms with E-state index in [9.17, 15) is 8.42 Å². The van der Waals surface area contributed by atoms with E-state index >= 15 is 0 Å². The van der Waals surface area contributed by atoms with Gasteiger partial charge in [-0.1, -0.05) is 0 Å². The Bertz CT molecular complexity index is 857. The average Bonchev–Trinajstić information content (AvgIpc) is 3.17. The summed E-state index contributed by atoms with van der Waals surface area (Å²) in [4.78, 5) is 8.82. The van der Waals surface area contributed by atoms with Crippen LogP contribution in [0.1, 0.15) is 17.0 Å². The first kappa shape index (κ1) is 15.9. The van der Waals surface area contributed by atoms with Crippen LogP contribution in [0.25, 0.3) is 0 Å². The first-order chi connectivity index (χ1) is 11.0. The topological polar surface area (TPSA) is 96.2 Å². The second kappa shape index (κ2) is 6.23. The van der Waals surface area contributed by atoms with E-state index in [1.54, 1.807) is 12.1 Å². The summed E-state index contributed by atoms with van der Waals surface area (Å²) in [6.07, 6.45) is 3.06. The molecule has 3 rings (SSSR count). The van der Waals surface area contributed by atoms with E-state index in [4.69, 9.17) is 10.00 Å². The number of hydrogen-bond acceptors (Lipinski definition) is 7. The SMILES string of the molecule is Cc1ccc(S(=O)(=O)N2CC[C@H](Oc3nccnc3C#N)C2)s1. The lowest BCUT2D eigenvalue weighted by molar-refractivity contribution is 0.205. The Hall–Kier alpha value is -2.02. The maximum atomic E-state index is 12.6. The number of hydrogen-bond donors (Lipinski definition) is 0. The molecule has 9 heteroatoms. The molecule has 2 aromatic rings. The number of aryl methyl sites for hydroxylation is 1. The molecule has 1 saturated heterocycles. The van der Waals surface area contributed by atoms with Gasteiger partial charge in [0.15, 0.2) is 0 Å². The molecule has 0 aromatic carbocycles. The molecule has 1 aliphatic rings. The van der Waals surface area contributed by atoms with Crippen LogP contribution in [0, 0.1) is 18.3 Å². The Morgan fingerprint density at radius 1 is 1.39 bits per heavy atom. The third-order valence-corrected chi connectivity index (χ3v) is 6.80. The lowest BCUT2D eigenvalue weighted by Gasteiger charge is -2.16. The number of rotatable bonds is 4. The normalized spacial score (nSPS) is 18.7. The summed E-state index contributed by atoms with van der Waals surface area (Å²) >= 11 is 1.26. The quantitative estimate of drug-likeness (QED) is 0.830. The second-order valence-electron chi connectivity index (χ2n) is 5.08. The molecule has 23 heavy (non-hydrogen) atoms. The minimum atomic E-state index is -3.49. The Morgan fingerprint density at radius 3 is 2.87 bits per heavy atom. The standard InChI is InChI=1S/C14H14N4O3S2/c1-10-2-3-13(22-10)23(19,20)18-7-4-11(9-18)21-14-12(8-15)16-5-6-17-14/h2-3,5-6,11H,4,7,9H2,1H3/t11-/m0/s1. The van der Waals surface area contributed by atoms with Crippen LogP contribution < -0.4 is 4.74 Å². The van der Waals surface area contributed by atoms with Gasteiger partial charge in [0.25, 0.3) is 15.9 Å². The van der Waals surface area contributed by atoms with Crippen LogP contribution in [-0.4, -0.2) is 41.9 Å². The fraction of sp³-hybridized carbons (Fsp3) is 0.357. The molecule has 0 radical (unpaired) electrons. The van der Waals surface area contributed by atoms with E-state index in [-0.39, 0.29) is 24.2 Å². The molecule has 2 aromatic heterocycles. The number of nitrogens with zero attached hydrogens (tertiary/aromatic N) is 4.